The van der Waals surface area contributed by atoms with Crippen molar-refractivity contribution in [2.24, 2.45) is 0 Å². The van der Waals surface area contributed by atoms with Gasteiger partial charge in [0.05, 0.1) is 29.6 Å². The fourth-order valence-corrected chi connectivity index (χ4v) is 3.47. The van der Waals surface area contributed by atoms with E-state index in [4.69, 9.17) is 14.0 Å². The lowest BCUT2D eigenvalue weighted by atomic mass is 9.78. The molecule has 0 unspecified atom stereocenters. The molecule has 0 aliphatic carbocycles. The number of amides is 1. The molecule has 0 spiro atoms. The molecular formula is C24H35BFN3O4. The third-order valence-corrected chi connectivity index (χ3v) is 5.92. The molecule has 2 aromatic rings. The van der Waals surface area contributed by atoms with Gasteiger partial charge in [-0.2, -0.15) is 0 Å². The highest BCUT2D eigenvalue weighted by atomic mass is 19.1. The Bertz CT molecular complexity index is 984. The highest BCUT2D eigenvalue weighted by molar-refractivity contribution is 6.62. The van der Waals surface area contributed by atoms with Gasteiger partial charge in [0.25, 0.3) is 0 Å². The van der Waals surface area contributed by atoms with E-state index in [1.54, 1.807) is 23.2 Å². The minimum absolute atomic E-state index is 0.246. The molecule has 1 aliphatic heterocycles. The topological polar surface area (TPSA) is 76.7 Å². The molecule has 2 heterocycles. The van der Waals surface area contributed by atoms with Crippen molar-refractivity contribution in [1.82, 2.24) is 14.9 Å². The van der Waals surface area contributed by atoms with E-state index < -0.39 is 35.8 Å². The Morgan fingerprint density at radius 1 is 1.21 bits per heavy atom. The van der Waals surface area contributed by atoms with Gasteiger partial charge in [0.15, 0.2) is 0 Å². The smallest absolute Gasteiger partial charge is 0.444 e. The van der Waals surface area contributed by atoms with E-state index in [1.807, 2.05) is 55.4 Å². The maximum absolute atomic E-state index is 15.0. The van der Waals surface area contributed by atoms with E-state index in [0.717, 1.165) is 6.42 Å². The summed E-state index contributed by atoms with van der Waals surface area (Å²) in [5.41, 5.74) is -0.0438. The Morgan fingerprint density at radius 3 is 2.39 bits per heavy atom. The number of aromatic nitrogens is 2. The Morgan fingerprint density at radius 2 is 1.85 bits per heavy atom. The van der Waals surface area contributed by atoms with Gasteiger partial charge < -0.3 is 23.9 Å². The summed E-state index contributed by atoms with van der Waals surface area (Å²) in [6, 6.07) is 4.91. The first-order valence-corrected chi connectivity index (χ1v) is 11.4. The summed E-state index contributed by atoms with van der Waals surface area (Å²) in [5, 5.41) is 0. The van der Waals surface area contributed by atoms with Gasteiger partial charge in [0.2, 0.25) is 0 Å². The first kappa shape index (κ1) is 25.2. The predicted molar refractivity (Wildman–Crippen MR) is 127 cm³/mol. The summed E-state index contributed by atoms with van der Waals surface area (Å²) >= 11 is 0. The third-order valence-electron chi connectivity index (χ3n) is 5.92. The van der Waals surface area contributed by atoms with Crippen LogP contribution in [0.5, 0.6) is 0 Å². The van der Waals surface area contributed by atoms with Crippen LogP contribution in [0.2, 0.25) is 0 Å². The molecule has 0 radical (unpaired) electrons. The van der Waals surface area contributed by atoms with Crippen LogP contribution < -0.4 is 5.46 Å². The van der Waals surface area contributed by atoms with Crippen LogP contribution in [0, 0.1) is 5.82 Å². The predicted octanol–water partition coefficient (Wildman–Crippen LogP) is 4.66. The Balaban J connectivity index is 1.75. The van der Waals surface area contributed by atoms with Gasteiger partial charge in [-0.3, -0.25) is 0 Å². The number of carbonyl (C=O) groups excluding carboxylic acids is 1. The van der Waals surface area contributed by atoms with E-state index in [2.05, 4.69) is 9.97 Å². The molecule has 0 saturated carbocycles. The number of hydrogen-bond acceptors (Lipinski definition) is 5. The van der Waals surface area contributed by atoms with Crippen molar-refractivity contribution < 1.29 is 23.2 Å². The first-order valence-electron chi connectivity index (χ1n) is 11.4. The molecule has 1 aromatic heterocycles. The summed E-state index contributed by atoms with van der Waals surface area (Å²) in [7, 11) is -0.632. The Kier molecular flexibility index (Phi) is 6.96. The van der Waals surface area contributed by atoms with Crippen molar-refractivity contribution >= 4 is 18.7 Å². The molecule has 1 saturated heterocycles. The average molecular weight is 459 g/mol. The van der Waals surface area contributed by atoms with Gasteiger partial charge in [0.1, 0.15) is 17.2 Å². The molecular weight excluding hydrogens is 424 g/mol. The van der Waals surface area contributed by atoms with Crippen LogP contribution in [-0.4, -0.2) is 51.4 Å². The summed E-state index contributed by atoms with van der Waals surface area (Å²) < 4.78 is 32.6. The van der Waals surface area contributed by atoms with Gasteiger partial charge in [-0.1, -0.05) is 19.1 Å². The summed E-state index contributed by atoms with van der Waals surface area (Å²) in [4.78, 5) is 21.6. The van der Waals surface area contributed by atoms with Crippen molar-refractivity contribution in [3.05, 3.63) is 36.0 Å². The molecule has 0 atom stereocenters. The number of carbonyl (C=O) groups is 1. The molecule has 3 rings (SSSR count). The Hall–Kier alpha value is -2.39. The number of rotatable bonds is 6. The zero-order valence-electron chi connectivity index (χ0n) is 20.9. The Labute approximate surface area is 196 Å². The largest absolute Gasteiger partial charge is 0.494 e. The molecule has 1 amide bonds. The average Bonchev–Trinajstić information content (AvgIpc) is 3.21. The van der Waals surface area contributed by atoms with Crippen molar-refractivity contribution in [1.29, 1.82) is 0 Å². The molecule has 1 N–H and O–H groups in total. The lowest BCUT2D eigenvalue weighted by molar-refractivity contribution is 0.00578. The number of halogens is 1. The summed E-state index contributed by atoms with van der Waals surface area (Å²) in [6.07, 6.45) is 1.95. The van der Waals surface area contributed by atoms with Crippen molar-refractivity contribution in [3.8, 4) is 11.3 Å². The lowest BCUT2D eigenvalue weighted by Crippen LogP contribution is -2.41. The number of aromatic amines is 1. The van der Waals surface area contributed by atoms with E-state index in [9.17, 15) is 4.79 Å². The second-order valence-corrected chi connectivity index (χ2v) is 10.5. The molecule has 7 nitrogen and oxygen atoms in total. The van der Waals surface area contributed by atoms with Gasteiger partial charge in [-0.25, -0.2) is 14.2 Å². The maximum atomic E-state index is 15.0. The minimum atomic E-state index is -0.632. The molecule has 0 bridgehead atoms. The second kappa shape index (κ2) is 9.10. The fourth-order valence-electron chi connectivity index (χ4n) is 3.47. The molecule has 1 aromatic carbocycles. The molecule has 1 fully saturated rings. The molecule has 1 aliphatic rings. The van der Waals surface area contributed by atoms with Crippen LogP contribution in [0.3, 0.4) is 0 Å². The number of hydrogen-bond donors (Lipinski definition) is 1. The second-order valence-electron chi connectivity index (χ2n) is 10.5. The summed E-state index contributed by atoms with van der Waals surface area (Å²) in [6.45, 7) is 16.1. The van der Waals surface area contributed by atoms with Crippen LogP contribution in [0.25, 0.3) is 11.3 Å². The lowest BCUT2D eigenvalue weighted by Gasteiger charge is -2.32. The van der Waals surface area contributed by atoms with Gasteiger partial charge in [-0.05, 0) is 66.4 Å². The van der Waals surface area contributed by atoms with Crippen LogP contribution in [0.4, 0.5) is 9.18 Å². The normalized spacial score (nSPS) is 17.3. The van der Waals surface area contributed by atoms with Crippen molar-refractivity contribution in [2.75, 3.05) is 6.54 Å². The monoisotopic (exact) mass is 459 g/mol. The van der Waals surface area contributed by atoms with Crippen LogP contribution in [-0.2, 0) is 20.6 Å². The zero-order valence-corrected chi connectivity index (χ0v) is 20.9. The van der Waals surface area contributed by atoms with Crippen molar-refractivity contribution in [3.63, 3.8) is 0 Å². The summed E-state index contributed by atoms with van der Waals surface area (Å²) in [5.74, 6) is 0.147. The van der Waals surface area contributed by atoms with E-state index in [1.165, 1.54) is 6.07 Å². The first-order chi connectivity index (χ1) is 15.2. The highest BCUT2D eigenvalue weighted by Gasteiger charge is 2.51. The fraction of sp³-hybridized carbons (Fsp3) is 0.583. The molecule has 180 valence electrons. The molecule has 33 heavy (non-hydrogen) atoms. The number of H-pyrrole nitrogens is 1. The third kappa shape index (κ3) is 5.76. The van der Waals surface area contributed by atoms with Gasteiger partial charge in [-0.15, -0.1) is 0 Å². The quantitative estimate of drug-likeness (QED) is 0.636. The van der Waals surface area contributed by atoms with Crippen LogP contribution in [0.1, 0.15) is 67.6 Å². The van der Waals surface area contributed by atoms with E-state index in [0.29, 0.717) is 29.1 Å². The number of imidazole rings is 1. The van der Waals surface area contributed by atoms with E-state index in [-0.39, 0.29) is 6.54 Å². The van der Waals surface area contributed by atoms with Gasteiger partial charge >= 0.3 is 13.2 Å². The van der Waals surface area contributed by atoms with Crippen LogP contribution in [0.15, 0.2) is 24.4 Å². The maximum Gasteiger partial charge on any atom is 0.494 e. The van der Waals surface area contributed by atoms with Crippen LogP contribution >= 0.6 is 0 Å². The highest BCUT2D eigenvalue weighted by Crippen LogP contribution is 2.36. The standard InChI is InChI=1S/C24H35BFN3O4/c1-9-12-29(21(30)31-22(2,3)4)15-20-27-14-19(28-20)17-11-10-16(13-18(17)26)25-32-23(5,6)24(7,8)33-25/h10-11,13-14H,9,12,15H2,1-8H3,(H,27,28). The number of nitrogens with one attached hydrogen (secondary N) is 1. The van der Waals surface area contributed by atoms with E-state index >= 15 is 4.39 Å². The van der Waals surface area contributed by atoms with Gasteiger partial charge in [0, 0.05) is 12.1 Å². The molecule has 9 heteroatoms. The minimum Gasteiger partial charge on any atom is -0.444 e. The number of benzene rings is 1. The number of nitrogens with zero attached hydrogens (tertiary/aromatic N) is 2. The van der Waals surface area contributed by atoms with Crippen molar-refractivity contribution in [2.45, 2.75) is 85.2 Å². The SMILES string of the molecule is CCCN(Cc1ncc(-c2ccc(B3OC(C)(C)C(C)(C)O3)cc2F)[nH]1)C(=O)OC(C)(C)C. The zero-order chi connectivity index (χ0) is 24.6. The number of ether oxygens (including phenoxy) is 1.